The van der Waals surface area contributed by atoms with Gasteiger partial charge < -0.3 is 14.8 Å². The number of fused-ring (bicyclic) bond motifs is 1. The van der Waals surface area contributed by atoms with Crippen LogP contribution in [0.3, 0.4) is 0 Å². The number of hydrogen-bond acceptors (Lipinski definition) is 4. The molecule has 3 rings (SSSR count). The molecule has 2 N–H and O–H groups in total. The van der Waals surface area contributed by atoms with Crippen molar-refractivity contribution in [2.75, 3.05) is 6.54 Å². The van der Waals surface area contributed by atoms with Gasteiger partial charge in [-0.1, -0.05) is 42.0 Å². The van der Waals surface area contributed by atoms with Gasteiger partial charge in [0.05, 0.1) is 5.92 Å². The highest BCUT2D eigenvalue weighted by Gasteiger charge is 2.19. The molecule has 1 atom stereocenters. The lowest BCUT2D eigenvalue weighted by Gasteiger charge is -2.14. The number of nitrogens with zero attached hydrogens (tertiary/aromatic N) is 1. The van der Waals surface area contributed by atoms with Crippen LogP contribution in [-0.2, 0) is 22.4 Å². The van der Waals surface area contributed by atoms with Crippen molar-refractivity contribution in [1.29, 1.82) is 0 Å². The smallest absolute Gasteiger partial charge is 0.308 e. The molecule has 1 unspecified atom stereocenters. The van der Waals surface area contributed by atoms with Crippen LogP contribution in [0.4, 0.5) is 0 Å². The monoisotopic (exact) mass is 366 g/mol. The number of hydrogen-bond donors (Lipinski definition) is 2. The third-order valence-corrected chi connectivity index (χ3v) is 4.36. The summed E-state index contributed by atoms with van der Waals surface area (Å²) in [6, 6.07) is 15.2. The molecule has 6 heteroatoms. The molecule has 1 heterocycles. The molecule has 140 valence electrons. The second-order valence-corrected chi connectivity index (χ2v) is 6.61. The highest BCUT2D eigenvalue weighted by molar-refractivity contribution is 5.78. The number of carboxylic acid groups (broad SMARTS) is 1. The van der Waals surface area contributed by atoms with Gasteiger partial charge in [-0.15, -0.1) is 0 Å². The number of para-hydroxylation sites is 2. The molecule has 0 saturated heterocycles. The van der Waals surface area contributed by atoms with E-state index in [0.717, 1.165) is 16.6 Å². The van der Waals surface area contributed by atoms with Crippen LogP contribution in [-0.4, -0.2) is 28.5 Å². The standard InChI is InChI=1S/C21H22N2O4/c1-14-5-4-6-15(11-14)12-16(21(25)26)13-22-19(24)9-10-20-23-17-7-2-3-8-18(17)27-20/h2-8,11,16H,9-10,12-13H2,1H3,(H,22,24)(H,25,26). The van der Waals surface area contributed by atoms with Crippen LogP contribution in [0, 0.1) is 12.8 Å². The van der Waals surface area contributed by atoms with Gasteiger partial charge in [0.25, 0.3) is 0 Å². The molecular formula is C21H22N2O4. The van der Waals surface area contributed by atoms with Crippen LogP contribution >= 0.6 is 0 Å². The molecule has 27 heavy (non-hydrogen) atoms. The molecule has 0 aliphatic carbocycles. The average Bonchev–Trinajstić information content (AvgIpc) is 3.06. The molecule has 3 aromatic rings. The normalized spacial score (nSPS) is 12.0. The SMILES string of the molecule is Cc1cccc(CC(CNC(=O)CCc2nc3ccccc3o2)C(=O)O)c1. The Labute approximate surface area is 157 Å². The van der Waals surface area contributed by atoms with Gasteiger partial charge in [-0.2, -0.15) is 0 Å². The number of rotatable bonds is 8. The maximum Gasteiger partial charge on any atom is 0.308 e. The molecular weight excluding hydrogens is 344 g/mol. The van der Waals surface area contributed by atoms with E-state index < -0.39 is 11.9 Å². The summed E-state index contributed by atoms with van der Waals surface area (Å²) in [6.45, 7) is 2.06. The summed E-state index contributed by atoms with van der Waals surface area (Å²) in [5.41, 5.74) is 3.48. The summed E-state index contributed by atoms with van der Waals surface area (Å²) < 4.78 is 5.59. The predicted octanol–water partition coefficient (Wildman–Crippen LogP) is 3.13. The summed E-state index contributed by atoms with van der Waals surface area (Å²) in [4.78, 5) is 27.9. The van der Waals surface area contributed by atoms with Crippen LogP contribution in [0.5, 0.6) is 0 Å². The van der Waals surface area contributed by atoms with Gasteiger partial charge in [0, 0.05) is 19.4 Å². The Morgan fingerprint density at radius 3 is 2.74 bits per heavy atom. The minimum atomic E-state index is -0.921. The quantitative estimate of drug-likeness (QED) is 0.639. The zero-order chi connectivity index (χ0) is 19.2. The van der Waals surface area contributed by atoms with Crippen LogP contribution in [0.2, 0.25) is 0 Å². The lowest BCUT2D eigenvalue weighted by molar-refractivity contribution is -0.141. The van der Waals surface area contributed by atoms with E-state index in [9.17, 15) is 14.7 Å². The molecule has 0 spiro atoms. The lowest BCUT2D eigenvalue weighted by atomic mass is 9.98. The molecule has 1 aromatic heterocycles. The fraction of sp³-hybridized carbons (Fsp3) is 0.286. The number of nitrogens with one attached hydrogen (secondary N) is 1. The minimum Gasteiger partial charge on any atom is -0.481 e. The van der Waals surface area contributed by atoms with Crippen molar-refractivity contribution in [2.24, 2.45) is 5.92 Å². The third-order valence-electron chi connectivity index (χ3n) is 4.36. The van der Waals surface area contributed by atoms with Crippen LogP contribution in [0.15, 0.2) is 52.9 Å². The van der Waals surface area contributed by atoms with Crippen molar-refractivity contribution >= 4 is 23.0 Å². The van der Waals surface area contributed by atoms with Gasteiger partial charge in [-0.05, 0) is 31.0 Å². The van der Waals surface area contributed by atoms with Gasteiger partial charge in [0.2, 0.25) is 5.91 Å². The van der Waals surface area contributed by atoms with Gasteiger partial charge in [-0.25, -0.2) is 4.98 Å². The van der Waals surface area contributed by atoms with Gasteiger partial charge in [-0.3, -0.25) is 9.59 Å². The molecule has 0 aliphatic heterocycles. The van der Waals surface area contributed by atoms with Gasteiger partial charge in [0.15, 0.2) is 11.5 Å². The fourth-order valence-corrected chi connectivity index (χ4v) is 2.94. The topological polar surface area (TPSA) is 92.4 Å². The van der Waals surface area contributed by atoms with Crippen molar-refractivity contribution < 1.29 is 19.1 Å². The summed E-state index contributed by atoms with van der Waals surface area (Å²) in [5.74, 6) is -1.30. The number of carboxylic acids is 1. The fourth-order valence-electron chi connectivity index (χ4n) is 2.94. The zero-order valence-corrected chi connectivity index (χ0v) is 15.1. The van der Waals surface area contributed by atoms with E-state index in [1.54, 1.807) is 0 Å². The Bertz CT molecular complexity index is 915. The zero-order valence-electron chi connectivity index (χ0n) is 15.1. The Balaban J connectivity index is 1.50. The number of aliphatic carboxylic acids is 1. The predicted molar refractivity (Wildman–Crippen MR) is 101 cm³/mol. The average molecular weight is 366 g/mol. The largest absolute Gasteiger partial charge is 0.481 e. The summed E-state index contributed by atoms with van der Waals surface area (Å²) >= 11 is 0. The van der Waals surface area contributed by atoms with Crippen LogP contribution in [0.25, 0.3) is 11.1 Å². The third kappa shape index (κ3) is 5.17. The molecule has 0 bridgehead atoms. The molecule has 0 fully saturated rings. The number of oxazole rings is 1. The van der Waals surface area contributed by atoms with Gasteiger partial charge >= 0.3 is 5.97 Å². The van der Waals surface area contributed by atoms with E-state index in [-0.39, 0.29) is 18.9 Å². The summed E-state index contributed by atoms with van der Waals surface area (Å²) in [6.07, 6.45) is 0.947. The summed E-state index contributed by atoms with van der Waals surface area (Å²) in [7, 11) is 0. The van der Waals surface area contributed by atoms with E-state index in [2.05, 4.69) is 10.3 Å². The Morgan fingerprint density at radius 2 is 2.00 bits per heavy atom. The Hall–Kier alpha value is -3.15. The Kier molecular flexibility index (Phi) is 5.86. The van der Waals surface area contributed by atoms with Crippen LogP contribution in [0.1, 0.15) is 23.4 Å². The molecule has 0 saturated carbocycles. The van der Waals surface area contributed by atoms with Crippen molar-refractivity contribution in [3.05, 3.63) is 65.5 Å². The first-order valence-electron chi connectivity index (χ1n) is 8.91. The first-order valence-corrected chi connectivity index (χ1v) is 8.91. The van der Waals surface area contributed by atoms with Crippen molar-refractivity contribution in [3.8, 4) is 0 Å². The van der Waals surface area contributed by atoms with Crippen molar-refractivity contribution in [2.45, 2.75) is 26.2 Å². The highest BCUT2D eigenvalue weighted by Crippen LogP contribution is 2.16. The molecule has 2 aromatic carbocycles. The Morgan fingerprint density at radius 1 is 1.19 bits per heavy atom. The number of aromatic nitrogens is 1. The van der Waals surface area contributed by atoms with E-state index in [0.29, 0.717) is 24.3 Å². The summed E-state index contributed by atoms with van der Waals surface area (Å²) in [5, 5.41) is 12.1. The lowest BCUT2D eigenvalue weighted by Crippen LogP contribution is -2.34. The van der Waals surface area contributed by atoms with E-state index in [1.807, 2.05) is 55.5 Å². The highest BCUT2D eigenvalue weighted by atomic mass is 16.4. The van der Waals surface area contributed by atoms with E-state index >= 15 is 0 Å². The first-order chi connectivity index (χ1) is 13.0. The van der Waals surface area contributed by atoms with Gasteiger partial charge in [0.1, 0.15) is 5.52 Å². The molecule has 0 aliphatic rings. The molecule has 6 nitrogen and oxygen atoms in total. The number of carbonyl (C=O) groups excluding carboxylic acids is 1. The second kappa shape index (κ2) is 8.49. The first kappa shape index (κ1) is 18.6. The molecule has 0 radical (unpaired) electrons. The van der Waals surface area contributed by atoms with E-state index in [1.165, 1.54) is 0 Å². The number of aryl methyl sites for hydroxylation is 2. The number of benzene rings is 2. The van der Waals surface area contributed by atoms with Crippen molar-refractivity contribution in [3.63, 3.8) is 0 Å². The molecule has 1 amide bonds. The number of carbonyl (C=O) groups is 2. The van der Waals surface area contributed by atoms with Crippen molar-refractivity contribution in [1.82, 2.24) is 10.3 Å². The minimum absolute atomic E-state index is 0.0929. The maximum absolute atomic E-state index is 12.1. The number of amides is 1. The van der Waals surface area contributed by atoms with E-state index in [4.69, 9.17) is 4.42 Å². The van der Waals surface area contributed by atoms with Crippen LogP contribution < -0.4 is 5.32 Å². The maximum atomic E-state index is 12.1. The second-order valence-electron chi connectivity index (χ2n) is 6.61.